The summed E-state index contributed by atoms with van der Waals surface area (Å²) < 4.78 is 0. The van der Waals surface area contributed by atoms with Gasteiger partial charge < -0.3 is 10.2 Å². The van der Waals surface area contributed by atoms with Gasteiger partial charge in [0.25, 0.3) is 0 Å². The molecule has 0 rings (SSSR count). The maximum Gasteiger partial charge on any atom is 0.306 e. The lowest BCUT2D eigenvalue weighted by atomic mass is 10.0. The van der Waals surface area contributed by atoms with E-state index in [0.717, 1.165) is 19.3 Å². The molecule has 0 aromatic carbocycles. The van der Waals surface area contributed by atoms with Crippen LogP contribution in [0.5, 0.6) is 0 Å². The lowest BCUT2D eigenvalue weighted by Gasteiger charge is -2.06. The molecule has 144 valence electrons. The molecular formula is C21H42O3. The number of carboxylic acids is 1. The summed E-state index contributed by atoms with van der Waals surface area (Å²) in [5, 5.41) is 17.5. The fourth-order valence-corrected chi connectivity index (χ4v) is 3.16. The van der Waals surface area contributed by atoms with E-state index in [2.05, 4.69) is 0 Å². The summed E-state index contributed by atoms with van der Waals surface area (Å²) in [5.74, 6) is -0.831. The number of carboxylic acid groups (broad SMARTS) is 1. The molecule has 1 atom stereocenters. The molecule has 0 amide bonds. The van der Waals surface area contributed by atoms with Crippen LogP contribution in [0.4, 0.5) is 0 Å². The summed E-state index contributed by atoms with van der Waals surface area (Å²) in [6.45, 7) is 2.16. The second-order valence-corrected chi connectivity index (χ2v) is 7.41. The van der Waals surface area contributed by atoms with Gasteiger partial charge in [0, 0.05) is 6.61 Å². The molecule has 0 aliphatic heterocycles. The monoisotopic (exact) mass is 342 g/mol. The van der Waals surface area contributed by atoms with Crippen molar-refractivity contribution in [2.24, 2.45) is 5.92 Å². The van der Waals surface area contributed by atoms with Gasteiger partial charge in [-0.3, -0.25) is 4.79 Å². The number of hydrogen-bond acceptors (Lipinski definition) is 2. The van der Waals surface area contributed by atoms with Crippen LogP contribution >= 0.6 is 0 Å². The molecule has 0 saturated heterocycles. The Kier molecular flexibility index (Phi) is 18.3. The van der Waals surface area contributed by atoms with Gasteiger partial charge in [0.1, 0.15) is 0 Å². The maximum atomic E-state index is 10.7. The molecule has 0 saturated carbocycles. The second-order valence-electron chi connectivity index (χ2n) is 7.41. The quantitative estimate of drug-likeness (QED) is 0.270. The zero-order valence-corrected chi connectivity index (χ0v) is 16.1. The molecule has 1 unspecified atom stereocenters. The van der Waals surface area contributed by atoms with Crippen molar-refractivity contribution < 1.29 is 15.0 Å². The fourth-order valence-electron chi connectivity index (χ4n) is 3.16. The summed E-state index contributed by atoms with van der Waals surface area (Å²) in [5.41, 5.74) is 0. The summed E-state index contributed by atoms with van der Waals surface area (Å²) in [6.07, 6.45) is 21.5. The highest BCUT2D eigenvalue weighted by molar-refractivity contribution is 5.69. The van der Waals surface area contributed by atoms with E-state index in [9.17, 15) is 4.79 Å². The largest absolute Gasteiger partial charge is 0.481 e. The minimum atomic E-state index is -0.656. The fraction of sp³-hybridized carbons (Fsp3) is 0.952. The lowest BCUT2D eigenvalue weighted by molar-refractivity contribution is -0.141. The molecule has 3 heteroatoms. The first-order valence-corrected chi connectivity index (χ1v) is 10.5. The van der Waals surface area contributed by atoms with Crippen molar-refractivity contribution in [2.45, 2.75) is 116 Å². The third-order valence-corrected chi connectivity index (χ3v) is 4.97. The van der Waals surface area contributed by atoms with Crippen LogP contribution in [0.25, 0.3) is 0 Å². The van der Waals surface area contributed by atoms with Crippen molar-refractivity contribution in [1.82, 2.24) is 0 Å². The van der Waals surface area contributed by atoms with E-state index in [4.69, 9.17) is 10.2 Å². The van der Waals surface area contributed by atoms with E-state index in [1.54, 1.807) is 6.92 Å². The molecule has 0 bridgehead atoms. The zero-order valence-electron chi connectivity index (χ0n) is 16.1. The van der Waals surface area contributed by atoms with Crippen LogP contribution < -0.4 is 0 Å². The third-order valence-electron chi connectivity index (χ3n) is 4.97. The number of carbonyl (C=O) groups is 1. The Hall–Kier alpha value is -0.570. The first kappa shape index (κ1) is 23.4. The number of aliphatic hydroxyl groups is 1. The molecular weight excluding hydrogens is 300 g/mol. The average molecular weight is 343 g/mol. The molecule has 0 spiro atoms. The van der Waals surface area contributed by atoms with E-state index in [1.807, 2.05) is 0 Å². The molecule has 0 radical (unpaired) electrons. The van der Waals surface area contributed by atoms with E-state index in [-0.39, 0.29) is 5.92 Å². The highest BCUT2D eigenvalue weighted by Crippen LogP contribution is 2.15. The minimum Gasteiger partial charge on any atom is -0.481 e. The number of unbranched alkanes of at least 4 members (excludes halogenated alkanes) is 15. The Morgan fingerprint density at radius 2 is 0.917 bits per heavy atom. The van der Waals surface area contributed by atoms with Crippen LogP contribution in [0.15, 0.2) is 0 Å². The van der Waals surface area contributed by atoms with Gasteiger partial charge in [-0.1, -0.05) is 103 Å². The van der Waals surface area contributed by atoms with Crippen molar-refractivity contribution in [3.8, 4) is 0 Å². The smallest absolute Gasteiger partial charge is 0.306 e. The Balaban J connectivity index is 3.04. The minimum absolute atomic E-state index is 0.175. The van der Waals surface area contributed by atoms with Crippen molar-refractivity contribution in [3.05, 3.63) is 0 Å². The predicted molar refractivity (Wildman–Crippen MR) is 102 cm³/mol. The van der Waals surface area contributed by atoms with E-state index >= 15 is 0 Å². The number of hydrogen-bond donors (Lipinski definition) is 2. The molecule has 0 heterocycles. The van der Waals surface area contributed by atoms with Crippen LogP contribution in [-0.4, -0.2) is 22.8 Å². The average Bonchev–Trinajstić information content (AvgIpc) is 2.57. The highest BCUT2D eigenvalue weighted by Gasteiger charge is 2.09. The van der Waals surface area contributed by atoms with Gasteiger partial charge in [0.05, 0.1) is 5.92 Å². The second kappa shape index (κ2) is 18.8. The first-order valence-electron chi connectivity index (χ1n) is 10.5. The van der Waals surface area contributed by atoms with Gasteiger partial charge in [0.15, 0.2) is 0 Å². The van der Waals surface area contributed by atoms with Crippen LogP contribution in [-0.2, 0) is 4.79 Å². The van der Waals surface area contributed by atoms with Crippen molar-refractivity contribution in [2.75, 3.05) is 6.61 Å². The molecule has 3 nitrogen and oxygen atoms in total. The molecule has 24 heavy (non-hydrogen) atoms. The predicted octanol–water partition coefficient (Wildman–Crippen LogP) is 6.33. The molecule has 2 N–H and O–H groups in total. The molecule has 0 aliphatic rings. The van der Waals surface area contributed by atoms with Crippen molar-refractivity contribution in [3.63, 3.8) is 0 Å². The Bertz CT molecular complexity index is 266. The molecule has 0 aromatic heterocycles. The first-order chi connectivity index (χ1) is 11.7. The van der Waals surface area contributed by atoms with Crippen LogP contribution in [0.2, 0.25) is 0 Å². The number of rotatable bonds is 19. The van der Waals surface area contributed by atoms with E-state index in [0.29, 0.717) is 6.61 Å². The van der Waals surface area contributed by atoms with Crippen LogP contribution in [0.3, 0.4) is 0 Å². The van der Waals surface area contributed by atoms with Gasteiger partial charge in [0.2, 0.25) is 0 Å². The third kappa shape index (κ3) is 17.8. The van der Waals surface area contributed by atoms with E-state index in [1.165, 1.54) is 89.9 Å². The summed E-state index contributed by atoms with van der Waals surface area (Å²) in [6, 6.07) is 0. The van der Waals surface area contributed by atoms with Crippen molar-refractivity contribution >= 4 is 5.97 Å². The highest BCUT2D eigenvalue weighted by atomic mass is 16.4. The van der Waals surface area contributed by atoms with Gasteiger partial charge in [-0.25, -0.2) is 0 Å². The molecule has 0 aliphatic carbocycles. The van der Waals surface area contributed by atoms with Crippen LogP contribution in [0, 0.1) is 5.92 Å². The Morgan fingerprint density at radius 1 is 0.625 bits per heavy atom. The van der Waals surface area contributed by atoms with Gasteiger partial charge in [-0.05, 0) is 12.8 Å². The number of aliphatic hydroxyl groups excluding tert-OH is 1. The summed E-state index contributed by atoms with van der Waals surface area (Å²) in [7, 11) is 0. The Morgan fingerprint density at radius 3 is 1.21 bits per heavy atom. The van der Waals surface area contributed by atoms with E-state index < -0.39 is 5.97 Å². The standard InChI is InChI=1S/C21H42O3/c1-20(21(23)24)18-16-14-12-10-8-6-4-2-3-5-7-9-11-13-15-17-19-22/h20,22H,2-19H2,1H3,(H,23,24). The topological polar surface area (TPSA) is 57.5 Å². The maximum absolute atomic E-state index is 10.7. The Labute approximate surface area is 150 Å². The summed E-state index contributed by atoms with van der Waals surface area (Å²) >= 11 is 0. The SMILES string of the molecule is CC(CCCCCCCCCCCCCCCCCCO)C(=O)O. The lowest BCUT2D eigenvalue weighted by Crippen LogP contribution is -2.08. The van der Waals surface area contributed by atoms with Gasteiger partial charge in [-0.15, -0.1) is 0 Å². The van der Waals surface area contributed by atoms with Crippen LogP contribution in [0.1, 0.15) is 116 Å². The van der Waals surface area contributed by atoms with Gasteiger partial charge in [-0.2, -0.15) is 0 Å². The van der Waals surface area contributed by atoms with Gasteiger partial charge >= 0.3 is 5.97 Å². The van der Waals surface area contributed by atoms with Crippen molar-refractivity contribution in [1.29, 1.82) is 0 Å². The number of aliphatic carboxylic acids is 1. The zero-order chi connectivity index (χ0) is 17.9. The normalized spacial score (nSPS) is 12.4. The summed E-state index contributed by atoms with van der Waals surface area (Å²) in [4.78, 5) is 10.7. The molecule has 0 aromatic rings. The molecule has 0 fully saturated rings.